The van der Waals surface area contributed by atoms with E-state index in [1.54, 1.807) is 12.3 Å². The Hall–Kier alpha value is -3.85. The number of halogens is 5. The highest BCUT2D eigenvalue weighted by molar-refractivity contribution is 5.93. The number of fused-ring (bicyclic) bond motifs is 1. The van der Waals surface area contributed by atoms with Crippen LogP contribution in [0.1, 0.15) is 78.9 Å². The van der Waals surface area contributed by atoms with Crippen LogP contribution >= 0.6 is 0 Å². The molecule has 1 unspecified atom stereocenters. The van der Waals surface area contributed by atoms with Gasteiger partial charge < -0.3 is 15.5 Å². The van der Waals surface area contributed by atoms with Crippen LogP contribution in [-0.2, 0) is 6.54 Å². The van der Waals surface area contributed by atoms with Crippen LogP contribution in [0.25, 0.3) is 5.65 Å². The van der Waals surface area contributed by atoms with E-state index in [0.717, 1.165) is 4.90 Å². The average Bonchev–Trinajstić information content (AvgIpc) is 3.61. The second-order valence-corrected chi connectivity index (χ2v) is 10.6. The Bertz CT molecular complexity index is 1390. The summed E-state index contributed by atoms with van der Waals surface area (Å²) in [5.41, 5.74) is 1.46. The first-order valence-electron chi connectivity index (χ1n) is 12.8. The number of carbonyl (C=O) groups is 2. The Kier molecular flexibility index (Phi) is 7.12. The minimum Gasteiger partial charge on any atom is -0.342 e. The van der Waals surface area contributed by atoms with E-state index in [9.17, 15) is 31.5 Å². The summed E-state index contributed by atoms with van der Waals surface area (Å²) >= 11 is 0. The molecule has 11 nitrogen and oxygen atoms in total. The molecular weight excluding hydrogens is 543 g/mol. The number of nitrogens with one attached hydrogen (secondary N) is 2. The number of aromatic nitrogens is 5. The molecule has 0 radical (unpaired) electrons. The van der Waals surface area contributed by atoms with Crippen LogP contribution in [0.3, 0.4) is 0 Å². The van der Waals surface area contributed by atoms with E-state index < -0.39 is 42.7 Å². The molecule has 3 aromatic rings. The van der Waals surface area contributed by atoms with Gasteiger partial charge in [0, 0.05) is 25.3 Å². The molecule has 0 aromatic carbocycles. The average molecular weight is 571 g/mol. The zero-order chi connectivity index (χ0) is 28.8. The zero-order valence-electron chi connectivity index (χ0n) is 21.6. The maximum absolute atomic E-state index is 13.9. The van der Waals surface area contributed by atoms with Gasteiger partial charge in [-0.05, 0) is 35.5 Å². The third kappa shape index (κ3) is 5.70. The van der Waals surface area contributed by atoms with Crippen LogP contribution in [0.15, 0.2) is 23.1 Å². The third-order valence-corrected chi connectivity index (χ3v) is 7.27. The van der Waals surface area contributed by atoms with Crippen molar-refractivity contribution < 1.29 is 36.2 Å². The molecule has 2 atom stereocenters. The summed E-state index contributed by atoms with van der Waals surface area (Å²) in [6.07, 6.45) is -1.99. The molecule has 216 valence electrons. The summed E-state index contributed by atoms with van der Waals surface area (Å²) in [5.74, 6) is -3.88. The lowest BCUT2D eigenvalue weighted by atomic mass is 9.81. The van der Waals surface area contributed by atoms with Crippen molar-refractivity contribution in [1.82, 2.24) is 40.4 Å². The normalized spacial score (nSPS) is 20.8. The van der Waals surface area contributed by atoms with Gasteiger partial charge in [-0.3, -0.25) is 4.79 Å². The van der Waals surface area contributed by atoms with Gasteiger partial charge in [-0.15, -0.1) is 0 Å². The maximum atomic E-state index is 13.9. The zero-order valence-corrected chi connectivity index (χ0v) is 21.6. The van der Waals surface area contributed by atoms with E-state index in [4.69, 9.17) is 4.63 Å². The van der Waals surface area contributed by atoms with Gasteiger partial charge >= 0.3 is 12.2 Å². The number of rotatable bonds is 7. The highest BCUT2D eigenvalue weighted by atomic mass is 19.4. The SMILES string of the molecule is CC(C)c1nonc1C(=O)NC(c1cn2ncc(CN3C[C@@H](C(F)(F)F)NC3=O)cc2n1)C1CCC(F)(F)CC1. The molecule has 0 spiro atoms. The fourth-order valence-corrected chi connectivity index (χ4v) is 5.07. The fraction of sp³-hybridized carbons (Fsp3) is 0.583. The minimum atomic E-state index is -4.56. The van der Waals surface area contributed by atoms with Crippen molar-refractivity contribution in [3.8, 4) is 0 Å². The van der Waals surface area contributed by atoms with Crippen LogP contribution in [0, 0.1) is 5.92 Å². The van der Waals surface area contributed by atoms with E-state index in [2.05, 4.69) is 25.7 Å². The molecule has 2 aliphatic rings. The summed E-state index contributed by atoms with van der Waals surface area (Å²) in [4.78, 5) is 30.8. The summed E-state index contributed by atoms with van der Waals surface area (Å²) in [5, 5.41) is 16.5. The summed E-state index contributed by atoms with van der Waals surface area (Å²) in [6.45, 7) is 2.97. The lowest BCUT2D eigenvalue weighted by Crippen LogP contribution is -2.40. The van der Waals surface area contributed by atoms with Gasteiger partial charge in [-0.25, -0.2) is 27.7 Å². The van der Waals surface area contributed by atoms with Crippen molar-refractivity contribution >= 4 is 17.6 Å². The second kappa shape index (κ2) is 10.3. The molecule has 1 aliphatic carbocycles. The van der Waals surface area contributed by atoms with Crippen molar-refractivity contribution in [2.24, 2.45) is 5.92 Å². The predicted molar refractivity (Wildman–Crippen MR) is 127 cm³/mol. The fourth-order valence-electron chi connectivity index (χ4n) is 5.07. The molecule has 5 rings (SSSR count). The molecule has 3 amide bonds. The van der Waals surface area contributed by atoms with Crippen LogP contribution < -0.4 is 10.6 Å². The largest absolute Gasteiger partial charge is 0.410 e. The van der Waals surface area contributed by atoms with E-state index in [1.807, 2.05) is 19.2 Å². The molecule has 40 heavy (non-hydrogen) atoms. The van der Waals surface area contributed by atoms with Crippen molar-refractivity contribution in [1.29, 1.82) is 0 Å². The van der Waals surface area contributed by atoms with Crippen LogP contribution in [-0.4, -0.2) is 66.4 Å². The summed E-state index contributed by atoms with van der Waals surface area (Å²) in [6, 6.07) is -2.00. The molecule has 16 heteroatoms. The molecule has 3 aromatic heterocycles. The van der Waals surface area contributed by atoms with Gasteiger partial charge in [0.2, 0.25) is 5.92 Å². The molecule has 2 fully saturated rings. The molecule has 1 saturated heterocycles. The number of amides is 3. The van der Waals surface area contributed by atoms with Crippen molar-refractivity contribution in [2.45, 2.75) is 76.2 Å². The van der Waals surface area contributed by atoms with E-state index in [0.29, 0.717) is 22.6 Å². The molecule has 4 heterocycles. The number of urea groups is 1. The Morgan fingerprint density at radius 1 is 1.25 bits per heavy atom. The number of imidazole rings is 1. The lowest BCUT2D eigenvalue weighted by Gasteiger charge is -2.33. The van der Waals surface area contributed by atoms with Gasteiger partial charge in [0.05, 0.1) is 30.7 Å². The highest BCUT2D eigenvalue weighted by Gasteiger charge is 2.47. The van der Waals surface area contributed by atoms with E-state index >= 15 is 0 Å². The Morgan fingerprint density at radius 3 is 2.62 bits per heavy atom. The topological polar surface area (TPSA) is 131 Å². The van der Waals surface area contributed by atoms with Crippen molar-refractivity contribution in [3.63, 3.8) is 0 Å². The van der Waals surface area contributed by atoms with Gasteiger partial charge in [-0.2, -0.15) is 18.3 Å². The summed E-state index contributed by atoms with van der Waals surface area (Å²) in [7, 11) is 0. The van der Waals surface area contributed by atoms with Crippen LogP contribution in [0.2, 0.25) is 0 Å². The van der Waals surface area contributed by atoms with Gasteiger partial charge in [-0.1, -0.05) is 19.0 Å². The first-order chi connectivity index (χ1) is 18.8. The van der Waals surface area contributed by atoms with Crippen LogP contribution in [0.5, 0.6) is 0 Å². The van der Waals surface area contributed by atoms with E-state index in [-0.39, 0.29) is 49.8 Å². The Morgan fingerprint density at radius 2 is 1.98 bits per heavy atom. The number of nitrogens with zero attached hydrogens (tertiary/aromatic N) is 6. The number of hydrogen-bond donors (Lipinski definition) is 2. The van der Waals surface area contributed by atoms with Crippen molar-refractivity contribution in [2.75, 3.05) is 6.54 Å². The van der Waals surface area contributed by atoms with Gasteiger partial charge in [0.15, 0.2) is 11.3 Å². The second-order valence-electron chi connectivity index (χ2n) is 10.6. The van der Waals surface area contributed by atoms with E-state index in [1.165, 1.54) is 10.7 Å². The molecule has 0 bridgehead atoms. The smallest absolute Gasteiger partial charge is 0.342 e. The first-order valence-corrected chi connectivity index (χ1v) is 12.8. The lowest BCUT2D eigenvalue weighted by molar-refractivity contribution is -0.149. The quantitative estimate of drug-likeness (QED) is 0.411. The van der Waals surface area contributed by atoms with Crippen LogP contribution in [0.4, 0.5) is 26.7 Å². The molecular formula is C24H27F5N8O3. The number of alkyl halides is 5. The first kappa shape index (κ1) is 27.7. The third-order valence-electron chi connectivity index (χ3n) is 7.27. The standard InChI is InChI=1S/C24H27F5N8O3/c1-12(2)18-20(35-40-34-18)21(38)33-19(14-3-5-23(25,26)6-4-14)15-10-37-17(31-15)7-13(8-30-37)9-36-11-16(24(27,28)29)32-22(36)39/h7-8,10,12,14,16,19H,3-6,9,11H2,1-2H3,(H,32,39)(H,33,38)/t16-,19?/m0/s1. The number of hydrogen-bond acceptors (Lipinski definition) is 7. The van der Waals surface area contributed by atoms with Crippen molar-refractivity contribution in [3.05, 3.63) is 41.1 Å². The Labute approximate surface area is 224 Å². The highest BCUT2D eigenvalue weighted by Crippen LogP contribution is 2.41. The molecule has 2 N–H and O–H groups in total. The Balaban J connectivity index is 1.39. The van der Waals surface area contributed by atoms with Gasteiger partial charge in [0.1, 0.15) is 11.7 Å². The monoisotopic (exact) mass is 570 g/mol. The predicted octanol–water partition coefficient (Wildman–Crippen LogP) is 3.99. The van der Waals surface area contributed by atoms with Gasteiger partial charge in [0.25, 0.3) is 5.91 Å². The molecule has 1 saturated carbocycles. The molecule has 1 aliphatic heterocycles. The summed E-state index contributed by atoms with van der Waals surface area (Å²) < 4.78 is 73.1. The minimum absolute atomic E-state index is 0.00799. The number of carbonyl (C=O) groups excluding carboxylic acids is 2. The maximum Gasteiger partial charge on any atom is 0.410 e.